The van der Waals surface area contributed by atoms with Crippen molar-refractivity contribution in [3.63, 3.8) is 0 Å². The van der Waals surface area contributed by atoms with Gasteiger partial charge in [0.25, 0.3) is 0 Å². The average Bonchev–Trinajstić information content (AvgIpc) is 3.14. The van der Waals surface area contributed by atoms with Crippen LogP contribution in [0.3, 0.4) is 0 Å². The second kappa shape index (κ2) is 8.21. The van der Waals surface area contributed by atoms with E-state index in [2.05, 4.69) is 34.1 Å². The summed E-state index contributed by atoms with van der Waals surface area (Å²) >= 11 is 1.66. The van der Waals surface area contributed by atoms with E-state index < -0.39 is 6.17 Å². The van der Waals surface area contributed by atoms with Gasteiger partial charge in [-0.15, -0.1) is 23.7 Å². The Kier molecular flexibility index (Phi) is 6.80. The molecule has 0 radical (unpaired) electrons. The van der Waals surface area contributed by atoms with Crippen LogP contribution in [0.15, 0.2) is 11.6 Å². The van der Waals surface area contributed by atoms with Gasteiger partial charge in [-0.1, -0.05) is 6.92 Å². The van der Waals surface area contributed by atoms with Crippen LogP contribution >= 0.6 is 23.7 Å². The predicted octanol–water partition coefficient (Wildman–Crippen LogP) is 2.41. The minimum atomic E-state index is -0.693. The number of hydrogen-bond donors (Lipinski definition) is 1. The van der Waals surface area contributed by atoms with Crippen molar-refractivity contribution in [1.82, 2.24) is 20.1 Å². The third-order valence-electron chi connectivity index (χ3n) is 4.93. The number of nitrogens with one attached hydrogen (secondary N) is 1. The van der Waals surface area contributed by atoms with Gasteiger partial charge in [0.1, 0.15) is 11.2 Å². The molecule has 7 heteroatoms. The molecular weight excluding hydrogens is 335 g/mol. The first kappa shape index (κ1) is 19.1. The van der Waals surface area contributed by atoms with Gasteiger partial charge in [0, 0.05) is 43.8 Å². The molecule has 23 heavy (non-hydrogen) atoms. The van der Waals surface area contributed by atoms with Gasteiger partial charge in [-0.3, -0.25) is 4.90 Å². The normalized spacial score (nSPS) is 31.7. The third kappa shape index (κ3) is 5.10. The molecule has 3 rings (SSSR count). The second-order valence-corrected chi connectivity index (χ2v) is 8.26. The number of nitrogens with zero attached hydrogens (tertiary/aromatic N) is 3. The number of rotatable bonds is 6. The first-order valence-electron chi connectivity index (χ1n) is 8.20. The van der Waals surface area contributed by atoms with E-state index in [0.29, 0.717) is 24.4 Å². The first-order valence-corrected chi connectivity index (χ1v) is 9.08. The number of alkyl halides is 1. The zero-order valence-corrected chi connectivity index (χ0v) is 15.6. The molecule has 2 aliphatic rings. The molecule has 1 aromatic rings. The highest BCUT2D eigenvalue weighted by Gasteiger charge is 2.35. The second-order valence-electron chi connectivity index (χ2n) is 7.28. The lowest BCUT2D eigenvalue weighted by Crippen LogP contribution is -2.42. The average molecular weight is 363 g/mol. The van der Waals surface area contributed by atoms with Crippen molar-refractivity contribution < 1.29 is 4.39 Å². The zero-order chi connectivity index (χ0) is 15.6. The molecule has 1 unspecified atom stereocenters. The van der Waals surface area contributed by atoms with Crippen LogP contribution in [0.5, 0.6) is 0 Å². The molecule has 0 saturated carbocycles. The Hall–Kier alpha value is -0.270. The fourth-order valence-corrected chi connectivity index (χ4v) is 4.53. The maximum Gasteiger partial charge on any atom is 0.114 e. The number of hydrogen-bond acceptors (Lipinski definition) is 5. The molecule has 4 nitrogen and oxygen atoms in total. The van der Waals surface area contributed by atoms with Gasteiger partial charge in [-0.05, 0) is 31.8 Å². The monoisotopic (exact) mass is 362 g/mol. The summed E-state index contributed by atoms with van der Waals surface area (Å²) < 4.78 is 13.9. The Bertz CT molecular complexity index is 467. The standard InChI is InChI=1S/C16H27FN4S.ClH/c1-16(3-4-18-11-16)12-20(2)9-14-7-13(17)8-21(14)10-15-19-5-6-22-15;/h5-6,13-14,18H,3-4,7-12H2,1-2H3;1H/t13-,14-,16?;/m0./s1. The van der Waals surface area contributed by atoms with Gasteiger partial charge in [0.2, 0.25) is 0 Å². The van der Waals surface area contributed by atoms with Gasteiger partial charge >= 0.3 is 0 Å². The molecule has 0 bridgehead atoms. The van der Waals surface area contributed by atoms with Gasteiger partial charge in [0.15, 0.2) is 0 Å². The summed E-state index contributed by atoms with van der Waals surface area (Å²) in [5.41, 5.74) is 0.364. The van der Waals surface area contributed by atoms with Crippen molar-refractivity contribution >= 4 is 23.7 Å². The molecule has 1 N–H and O–H groups in total. The van der Waals surface area contributed by atoms with Crippen molar-refractivity contribution in [3.8, 4) is 0 Å². The van der Waals surface area contributed by atoms with E-state index in [9.17, 15) is 4.39 Å². The van der Waals surface area contributed by atoms with Crippen LogP contribution in [0.25, 0.3) is 0 Å². The number of likely N-dealkylation sites (N-methyl/N-ethyl adjacent to an activating group) is 1. The quantitative estimate of drug-likeness (QED) is 0.842. The molecular formula is C16H28ClFN4S. The molecule has 0 aliphatic carbocycles. The van der Waals surface area contributed by atoms with Crippen molar-refractivity contribution in [2.45, 2.75) is 38.5 Å². The van der Waals surface area contributed by atoms with Crippen molar-refractivity contribution in [1.29, 1.82) is 0 Å². The van der Waals surface area contributed by atoms with Gasteiger partial charge in [-0.2, -0.15) is 0 Å². The fraction of sp³-hybridized carbons (Fsp3) is 0.812. The summed E-state index contributed by atoms with van der Waals surface area (Å²) in [6.45, 7) is 7.93. The van der Waals surface area contributed by atoms with Crippen LogP contribution in [0, 0.1) is 5.41 Å². The number of thiazole rings is 1. The highest BCUT2D eigenvalue weighted by molar-refractivity contribution is 7.09. The van der Waals surface area contributed by atoms with Crippen LogP contribution in [0.4, 0.5) is 4.39 Å². The summed E-state index contributed by atoms with van der Waals surface area (Å²) in [6, 6.07) is 0.307. The maximum absolute atomic E-state index is 13.9. The molecule has 0 amide bonds. The fourth-order valence-electron chi connectivity index (χ4n) is 3.89. The topological polar surface area (TPSA) is 31.4 Å². The van der Waals surface area contributed by atoms with Crippen molar-refractivity contribution in [2.24, 2.45) is 5.41 Å². The number of likely N-dealkylation sites (tertiary alicyclic amines) is 1. The summed E-state index contributed by atoms with van der Waals surface area (Å²) in [5, 5.41) is 6.54. The molecule has 0 spiro atoms. The van der Waals surface area contributed by atoms with E-state index in [0.717, 1.165) is 37.7 Å². The molecule has 3 heterocycles. The minimum absolute atomic E-state index is 0. The van der Waals surface area contributed by atoms with E-state index in [4.69, 9.17) is 0 Å². The molecule has 3 atom stereocenters. The van der Waals surface area contributed by atoms with Crippen LogP contribution in [-0.4, -0.2) is 66.8 Å². The van der Waals surface area contributed by atoms with Crippen molar-refractivity contribution in [3.05, 3.63) is 16.6 Å². The Morgan fingerprint density at radius 2 is 2.39 bits per heavy atom. The molecule has 2 fully saturated rings. The number of halogens is 2. The van der Waals surface area contributed by atoms with E-state index in [-0.39, 0.29) is 12.4 Å². The summed E-state index contributed by atoms with van der Waals surface area (Å²) in [5.74, 6) is 0. The predicted molar refractivity (Wildman–Crippen MR) is 96.2 cm³/mol. The SMILES string of the molecule is CN(C[C@@H]1C[C@H](F)CN1Cc1nccs1)CC1(C)CCNC1.Cl. The van der Waals surface area contributed by atoms with E-state index in [1.807, 2.05) is 11.6 Å². The van der Waals surface area contributed by atoms with Crippen LogP contribution in [0.1, 0.15) is 24.8 Å². The Morgan fingerprint density at radius 3 is 3.04 bits per heavy atom. The highest BCUT2D eigenvalue weighted by atomic mass is 35.5. The Labute approximate surface area is 148 Å². The van der Waals surface area contributed by atoms with Gasteiger partial charge in [-0.25, -0.2) is 9.37 Å². The Balaban J connectivity index is 0.00000192. The highest BCUT2D eigenvalue weighted by Crippen LogP contribution is 2.27. The molecule has 2 aliphatic heterocycles. The smallest absolute Gasteiger partial charge is 0.114 e. The summed E-state index contributed by atoms with van der Waals surface area (Å²) in [4.78, 5) is 9.01. The summed E-state index contributed by atoms with van der Waals surface area (Å²) in [6.07, 6.45) is 3.03. The van der Waals surface area contributed by atoms with Crippen LogP contribution in [0.2, 0.25) is 0 Å². The first-order chi connectivity index (χ1) is 10.5. The lowest BCUT2D eigenvalue weighted by atomic mass is 9.89. The summed E-state index contributed by atoms with van der Waals surface area (Å²) in [7, 11) is 2.18. The molecule has 2 saturated heterocycles. The molecule has 132 valence electrons. The lowest BCUT2D eigenvalue weighted by molar-refractivity contribution is 0.148. The maximum atomic E-state index is 13.9. The van der Waals surface area contributed by atoms with Gasteiger partial charge < -0.3 is 10.2 Å². The minimum Gasteiger partial charge on any atom is -0.316 e. The third-order valence-corrected chi connectivity index (χ3v) is 5.69. The zero-order valence-electron chi connectivity index (χ0n) is 14.0. The van der Waals surface area contributed by atoms with E-state index in [1.165, 1.54) is 6.42 Å². The van der Waals surface area contributed by atoms with E-state index in [1.54, 1.807) is 11.3 Å². The van der Waals surface area contributed by atoms with E-state index >= 15 is 0 Å². The van der Waals surface area contributed by atoms with Gasteiger partial charge in [0.05, 0.1) is 6.54 Å². The largest absolute Gasteiger partial charge is 0.316 e. The van der Waals surface area contributed by atoms with Crippen molar-refractivity contribution in [2.75, 3.05) is 39.8 Å². The molecule has 0 aromatic carbocycles. The van der Waals surface area contributed by atoms with Crippen LogP contribution in [-0.2, 0) is 6.54 Å². The molecule has 1 aromatic heterocycles. The van der Waals surface area contributed by atoms with Crippen LogP contribution < -0.4 is 5.32 Å². The Morgan fingerprint density at radius 1 is 1.57 bits per heavy atom. The lowest BCUT2D eigenvalue weighted by Gasteiger charge is -2.33. The number of aromatic nitrogens is 1.